The molecule has 0 aliphatic rings. The summed E-state index contributed by atoms with van der Waals surface area (Å²) in [5, 5.41) is 17.9. The Bertz CT molecular complexity index is 549. The van der Waals surface area contributed by atoms with Gasteiger partial charge in [-0.25, -0.2) is 4.98 Å². The van der Waals surface area contributed by atoms with E-state index in [9.17, 15) is 0 Å². The van der Waals surface area contributed by atoms with Crippen molar-refractivity contribution in [1.82, 2.24) is 9.97 Å². The van der Waals surface area contributed by atoms with Gasteiger partial charge in [0.05, 0.1) is 23.9 Å². The first kappa shape index (κ1) is 11.4. The lowest BCUT2D eigenvalue weighted by Crippen LogP contribution is -1.95. The number of aliphatic hydroxyl groups is 1. The van der Waals surface area contributed by atoms with Gasteiger partial charge in [0.15, 0.2) is 0 Å². The number of imidazole rings is 1. The van der Waals surface area contributed by atoms with E-state index >= 15 is 0 Å². The van der Waals surface area contributed by atoms with E-state index in [2.05, 4.69) is 16.0 Å². The van der Waals surface area contributed by atoms with Crippen LogP contribution in [0.2, 0.25) is 0 Å². The Morgan fingerprint density at radius 3 is 2.65 bits per heavy atom. The first-order valence-corrected chi connectivity index (χ1v) is 5.37. The van der Waals surface area contributed by atoms with Crippen LogP contribution >= 0.6 is 0 Å². The molecule has 1 aromatic carbocycles. The largest absolute Gasteiger partial charge is 0.390 e. The molecule has 4 heteroatoms. The summed E-state index contributed by atoms with van der Waals surface area (Å²) >= 11 is 0. The van der Waals surface area contributed by atoms with Gasteiger partial charge in [-0.2, -0.15) is 5.26 Å². The van der Waals surface area contributed by atoms with E-state index < -0.39 is 0 Å². The molecule has 0 radical (unpaired) electrons. The van der Waals surface area contributed by atoms with Gasteiger partial charge in [-0.05, 0) is 24.6 Å². The lowest BCUT2D eigenvalue weighted by atomic mass is 10.1. The smallest absolute Gasteiger partial charge is 0.103 e. The normalized spacial score (nSPS) is 10.2. The SMILES string of the molecule is Cc1nc(CO)c(Cc2ccc(C#N)cc2)[nH]1. The molecule has 2 rings (SSSR count). The number of aromatic nitrogens is 2. The van der Waals surface area contributed by atoms with Gasteiger partial charge >= 0.3 is 0 Å². The Balaban J connectivity index is 2.22. The number of aromatic amines is 1. The Morgan fingerprint density at radius 2 is 2.06 bits per heavy atom. The molecule has 0 saturated carbocycles. The summed E-state index contributed by atoms with van der Waals surface area (Å²) in [7, 11) is 0. The van der Waals surface area contributed by atoms with Crippen LogP contribution < -0.4 is 0 Å². The number of nitriles is 1. The van der Waals surface area contributed by atoms with Crippen molar-refractivity contribution in [2.24, 2.45) is 0 Å². The number of rotatable bonds is 3. The minimum absolute atomic E-state index is 0.0596. The van der Waals surface area contributed by atoms with E-state index in [1.165, 1.54) is 0 Å². The Labute approximate surface area is 99.6 Å². The van der Waals surface area contributed by atoms with Gasteiger partial charge in [0.1, 0.15) is 5.82 Å². The van der Waals surface area contributed by atoms with Crippen molar-refractivity contribution < 1.29 is 5.11 Å². The van der Waals surface area contributed by atoms with Crippen LogP contribution in [0.5, 0.6) is 0 Å². The first-order chi connectivity index (χ1) is 8.22. The number of aliphatic hydroxyl groups excluding tert-OH is 1. The van der Waals surface area contributed by atoms with Gasteiger partial charge in [-0.1, -0.05) is 12.1 Å². The molecule has 0 atom stereocenters. The number of hydrogen-bond donors (Lipinski definition) is 2. The van der Waals surface area contributed by atoms with E-state index in [1.807, 2.05) is 19.1 Å². The second kappa shape index (κ2) is 4.81. The number of H-pyrrole nitrogens is 1. The number of aryl methyl sites for hydroxylation is 1. The number of nitrogens with zero attached hydrogens (tertiary/aromatic N) is 2. The average molecular weight is 227 g/mol. The molecular weight excluding hydrogens is 214 g/mol. The summed E-state index contributed by atoms with van der Waals surface area (Å²) in [6.45, 7) is 1.80. The molecule has 0 unspecified atom stereocenters. The van der Waals surface area contributed by atoms with Crippen LogP contribution in [-0.4, -0.2) is 15.1 Å². The highest BCUT2D eigenvalue weighted by Crippen LogP contribution is 2.13. The predicted molar refractivity (Wildman–Crippen MR) is 63.2 cm³/mol. The fourth-order valence-electron chi connectivity index (χ4n) is 1.77. The average Bonchev–Trinajstić information content (AvgIpc) is 2.70. The molecule has 0 aliphatic heterocycles. The first-order valence-electron chi connectivity index (χ1n) is 5.37. The summed E-state index contributed by atoms with van der Waals surface area (Å²) in [5.74, 6) is 0.803. The number of nitrogens with one attached hydrogen (secondary N) is 1. The minimum atomic E-state index is -0.0596. The molecule has 17 heavy (non-hydrogen) atoms. The molecule has 0 bridgehead atoms. The summed E-state index contributed by atoms with van der Waals surface area (Å²) in [4.78, 5) is 7.34. The molecule has 2 aromatic rings. The minimum Gasteiger partial charge on any atom is -0.390 e. The molecule has 1 heterocycles. The topological polar surface area (TPSA) is 72.7 Å². The van der Waals surface area contributed by atoms with E-state index in [4.69, 9.17) is 10.4 Å². The Hall–Kier alpha value is -2.12. The molecule has 86 valence electrons. The Morgan fingerprint density at radius 1 is 1.35 bits per heavy atom. The van der Waals surface area contributed by atoms with Crippen LogP contribution in [-0.2, 0) is 13.0 Å². The summed E-state index contributed by atoms with van der Waals surface area (Å²) < 4.78 is 0. The lowest BCUT2D eigenvalue weighted by Gasteiger charge is -2.01. The van der Waals surface area contributed by atoms with E-state index in [0.717, 1.165) is 17.1 Å². The third-order valence-corrected chi connectivity index (χ3v) is 2.60. The molecular formula is C13H13N3O. The fourth-order valence-corrected chi connectivity index (χ4v) is 1.77. The maximum atomic E-state index is 9.17. The monoisotopic (exact) mass is 227 g/mol. The Kier molecular flexibility index (Phi) is 3.22. The zero-order valence-corrected chi connectivity index (χ0v) is 9.57. The fraction of sp³-hybridized carbons (Fsp3) is 0.231. The van der Waals surface area contributed by atoms with Crippen molar-refractivity contribution in [3.8, 4) is 6.07 Å². The van der Waals surface area contributed by atoms with Crippen molar-refractivity contribution in [2.45, 2.75) is 20.0 Å². The standard InChI is InChI=1S/C13H13N3O/c1-9-15-12(13(8-17)16-9)6-10-2-4-11(7-14)5-3-10/h2-5,17H,6,8H2,1H3,(H,15,16). The predicted octanol–water partition coefficient (Wildman–Crippen LogP) is 1.67. The van der Waals surface area contributed by atoms with Crippen LogP contribution in [0.15, 0.2) is 24.3 Å². The molecule has 2 N–H and O–H groups in total. The zero-order chi connectivity index (χ0) is 12.3. The third kappa shape index (κ3) is 2.52. The quantitative estimate of drug-likeness (QED) is 0.837. The molecule has 0 aliphatic carbocycles. The van der Waals surface area contributed by atoms with Crippen LogP contribution in [0, 0.1) is 18.3 Å². The van der Waals surface area contributed by atoms with E-state index in [1.54, 1.807) is 12.1 Å². The van der Waals surface area contributed by atoms with Crippen LogP contribution in [0.4, 0.5) is 0 Å². The van der Waals surface area contributed by atoms with Gasteiger partial charge in [-0.15, -0.1) is 0 Å². The second-order valence-electron chi connectivity index (χ2n) is 3.89. The summed E-state index contributed by atoms with van der Waals surface area (Å²) in [6.07, 6.45) is 0.683. The highest BCUT2D eigenvalue weighted by atomic mass is 16.3. The number of benzene rings is 1. The second-order valence-corrected chi connectivity index (χ2v) is 3.89. The molecule has 4 nitrogen and oxygen atoms in total. The zero-order valence-electron chi connectivity index (χ0n) is 9.57. The highest BCUT2D eigenvalue weighted by Gasteiger charge is 2.07. The maximum absolute atomic E-state index is 9.17. The van der Waals surface area contributed by atoms with Gasteiger partial charge in [-0.3, -0.25) is 0 Å². The van der Waals surface area contributed by atoms with Crippen LogP contribution in [0.25, 0.3) is 0 Å². The van der Waals surface area contributed by atoms with Crippen molar-refractivity contribution in [2.75, 3.05) is 0 Å². The lowest BCUT2D eigenvalue weighted by molar-refractivity contribution is 0.276. The molecule has 1 aromatic heterocycles. The van der Waals surface area contributed by atoms with Gasteiger partial charge in [0, 0.05) is 12.1 Å². The van der Waals surface area contributed by atoms with Crippen molar-refractivity contribution in [3.63, 3.8) is 0 Å². The molecule has 0 saturated heterocycles. The highest BCUT2D eigenvalue weighted by molar-refractivity contribution is 5.33. The van der Waals surface area contributed by atoms with E-state index in [-0.39, 0.29) is 6.61 Å². The van der Waals surface area contributed by atoms with Crippen LogP contribution in [0.1, 0.15) is 28.3 Å². The summed E-state index contributed by atoms with van der Waals surface area (Å²) in [6, 6.07) is 9.49. The third-order valence-electron chi connectivity index (χ3n) is 2.60. The van der Waals surface area contributed by atoms with Gasteiger partial charge in [0.25, 0.3) is 0 Å². The van der Waals surface area contributed by atoms with Gasteiger partial charge in [0.2, 0.25) is 0 Å². The van der Waals surface area contributed by atoms with Crippen molar-refractivity contribution >= 4 is 0 Å². The molecule has 0 spiro atoms. The van der Waals surface area contributed by atoms with Crippen LogP contribution in [0.3, 0.4) is 0 Å². The van der Waals surface area contributed by atoms with Crippen molar-refractivity contribution in [1.29, 1.82) is 5.26 Å². The van der Waals surface area contributed by atoms with Gasteiger partial charge < -0.3 is 10.1 Å². The number of hydrogen-bond acceptors (Lipinski definition) is 3. The van der Waals surface area contributed by atoms with E-state index in [0.29, 0.717) is 17.7 Å². The van der Waals surface area contributed by atoms with Crippen molar-refractivity contribution in [3.05, 3.63) is 52.6 Å². The molecule has 0 fully saturated rings. The molecule has 0 amide bonds. The summed E-state index contributed by atoms with van der Waals surface area (Å²) in [5.41, 5.74) is 3.35. The maximum Gasteiger partial charge on any atom is 0.103 e.